The van der Waals surface area contributed by atoms with Crippen LogP contribution in [0.25, 0.3) is 11.1 Å². The number of carboxylic acid groups (broad SMARTS) is 1. The van der Waals surface area contributed by atoms with Gasteiger partial charge in [-0.25, -0.2) is 4.79 Å². The van der Waals surface area contributed by atoms with E-state index in [-0.39, 0.29) is 12.2 Å². The molecule has 5 rings (SSSR count). The van der Waals surface area contributed by atoms with Gasteiger partial charge in [0.25, 0.3) is 0 Å². The first kappa shape index (κ1) is 30.4. The fourth-order valence-corrected chi connectivity index (χ4v) is 5.92. The predicted octanol–water partition coefficient (Wildman–Crippen LogP) is 9.12. The quantitative estimate of drug-likeness (QED) is 0.133. The molecule has 0 bridgehead atoms. The highest BCUT2D eigenvalue weighted by molar-refractivity contribution is 6.14. The fraction of sp³-hybridized carbons (Fsp3) is 0.175. The molecule has 220 valence electrons. The number of rotatable bonds is 10. The topological polar surface area (TPSA) is 66.7 Å². The third kappa shape index (κ3) is 6.30. The second-order valence-electron chi connectivity index (χ2n) is 12.0. The van der Waals surface area contributed by atoms with Crippen LogP contribution in [0.5, 0.6) is 0 Å². The van der Waals surface area contributed by atoms with Gasteiger partial charge in [0.1, 0.15) is 0 Å². The zero-order valence-corrected chi connectivity index (χ0v) is 25.4. The molecule has 0 saturated heterocycles. The maximum absolute atomic E-state index is 13.9. The molecule has 0 aliphatic rings. The van der Waals surface area contributed by atoms with Crippen molar-refractivity contribution in [3.05, 3.63) is 168 Å². The third-order valence-corrected chi connectivity index (χ3v) is 8.26. The highest BCUT2D eigenvalue weighted by atomic mass is 16.4. The van der Waals surface area contributed by atoms with Gasteiger partial charge >= 0.3 is 5.97 Å². The Hall–Kier alpha value is -5.09. The van der Waals surface area contributed by atoms with E-state index in [9.17, 15) is 14.7 Å². The summed E-state index contributed by atoms with van der Waals surface area (Å²) in [6.07, 6.45) is -0.0291. The van der Waals surface area contributed by atoms with Gasteiger partial charge in [-0.1, -0.05) is 166 Å². The largest absolute Gasteiger partial charge is 0.479 e. The Morgan fingerprint density at radius 3 is 1.43 bits per heavy atom. The number of nitrogens with zero attached hydrogens (tertiary/aromatic N) is 1. The van der Waals surface area contributed by atoms with Crippen LogP contribution in [0.1, 0.15) is 60.2 Å². The lowest BCUT2D eigenvalue weighted by Gasteiger charge is -2.44. The first-order valence-corrected chi connectivity index (χ1v) is 14.9. The molecule has 5 aromatic carbocycles. The van der Waals surface area contributed by atoms with E-state index in [4.69, 9.17) is 4.99 Å². The fourth-order valence-electron chi connectivity index (χ4n) is 5.92. The van der Waals surface area contributed by atoms with Crippen LogP contribution in [-0.4, -0.2) is 28.1 Å². The number of aliphatic carboxylic acids is 1. The number of hydrogen-bond donors (Lipinski definition) is 1. The summed E-state index contributed by atoms with van der Waals surface area (Å²) in [5.41, 5.74) is 2.93. The molecule has 4 heteroatoms. The molecule has 0 aliphatic carbocycles. The Balaban J connectivity index is 1.76. The monoisotopic (exact) mass is 579 g/mol. The van der Waals surface area contributed by atoms with Crippen LogP contribution < -0.4 is 0 Å². The van der Waals surface area contributed by atoms with Crippen molar-refractivity contribution < 1.29 is 14.7 Å². The lowest BCUT2D eigenvalue weighted by atomic mass is 9.62. The molecule has 0 saturated carbocycles. The van der Waals surface area contributed by atoms with Crippen molar-refractivity contribution in [1.82, 2.24) is 0 Å². The highest BCUT2D eigenvalue weighted by Crippen LogP contribution is 2.48. The Bertz CT molecular complexity index is 1680. The number of carbonyl (C=O) groups is 2. The number of ketones is 1. The molecular weight excluding hydrogens is 542 g/mol. The Kier molecular flexibility index (Phi) is 9.01. The molecule has 0 heterocycles. The maximum Gasteiger partial charge on any atom is 0.332 e. The standard InChI is InChI=1S/C40H37NO3/c1-39(2,3)40(38(43)44,41-37(33-20-12-6-13-21-33)34-22-14-7-15-23-34)35(28-36(42)32-18-10-5-11-19-32)31-26-24-30(25-27-31)29-16-8-4-9-17-29/h4-27,35H,28H2,1-3H3,(H,43,44)/t35-,40-/m0/s1. The summed E-state index contributed by atoms with van der Waals surface area (Å²) >= 11 is 0. The Labute approximate surface area is 259 Å². The minimum atomic E-state index is -1.72. The van der Waals surface area contributed by atoms with Crippen LogP contribution >= 0.6 is 0 Å². The molecule has 5 aromatic rings. The van der Waals surface area contributed by atoms with Crippen LogP contribution in [-0.2, 0) is 4.79 Å². The molecule has 0 spiro atoms. The van der Waals surface area contributed by atoms with E-state index in [0.29, 0.717) is 11.3 Å². The van der Waals surface area contributed by atoms with Gasteiger partial charge in [-0.3, -0.25) is 9.79 Å². The van der Waals surface area contributed by atoms with E-state index in [1.165, 1.54) is 0 Å². The van der Waals surface area contributed by atoms with Crippen molar-refractivity contribution in [2.75, 3.05) is 0 Å². The number of aliphatic imine (C=N–C) groups is 1. The number of carboxylic acids is 1. The SMILES string of the molecule is CC(C)(C)[C@@](N=C(c1ccccc1)c1ccccc1)(C(=O)O)[C@@H](CC(=O)c1ccccc1)c1ccc(-c2ccccc2)cc1. The molecule has 44 heavy (non-hydrogen) atoms. The van der Waals surface area contributed by atoms with E-state index in [2.05, 4.69) is 0 Å². The van der Waals surface area contributed by atoms with Crippen molar-refractivity contribution in [2.24, 2.45) is 10.4 Å². The van der Waals surface area contributed by atoms with Crippen LogP contribution in [0.3, 0.4) is 0 Å². The molecule has 0 unspecified atom stereocenters. The lowest BCUT2D eigenvalue weighted by Crippen LogP contribution is -2.54. The van der Waals surface area contributed by atoms with Crippen molar-refractivity contribution in [1.29, 1.82) is 0 Å². The van der Waals surface area contributed by atoms with E-state index >= 15 is 0 Å². The molecular formula is C40H37NO3. The highest BCUT2D eigenvalue weighted by Gasteiger charge is 2.56. The zero-order chi connectivity index (χ0) is 31.2. The van der Waals surface area contributed by atoms with Gasteiger partial charge in [0.15, 0.2) is 11.3 Å². The molecule has 0 radical (unpaired) electrons. The van der Waals surface area contributed by atoms with Crippen LogP contribution in [0.4, 0.5) is 0 Å². The van der Waals surface area contributed by atoms with Gasteiger partial charge in [0.2, 0.25) is 0 Å². The predicted molar refractivity (Wildman–Crippen MR) is 178 cm³/mol. The van der Waals surface area contributed by atoms with Crippen LogP contribution in [0.2, 0.25) is 0 Å². The van der Waals surface area contributed by atoms with Gasteiger partial charge in [-0.2, -0.15) is 0 Å². The van der Waals surface area contributed by atoms with Gasteiger partial charge < -0.3 is 5.11 Å². The Morgan fingerprint density at radius 1 is 0.591 bits per heavy atom. The molecule has 4 nitrogen and oxygen atoms in total. The summed E-state index contributed by atoms with van der Waals surface area (Å²) in [6, 6.07) is 46.3. The average molecular weight is 580 g/mol. The van der Waals surface area contributed by atoms with Crippen molar-refractivity contribution >= 4 is 17.5 Å². The number of Topliss-reactive ketones (excluding diaryl/α,β-unsaturated/α-hetero) is 1. The Morgan fingerprint density at radius 2 is 1.00 bits per heavy atom. The van der Waals surface area contributed by atoms with Gasteiger partial charge in [-0.15, -0.1) is 0 Å². The van der Waals surface area contributed by atoms with Crippen LogP contribution in [0, 0.1) is 5.41 Å². The van der Waals surface area contributed by atoms with Crippen molar-refractivity contribution in [3.8, 4) is 11.1 Å². The van der Waals surface area contributed by atoms with Gasteiger partial charge in [0, 0.05) is 29.0 Å². The minimum absolute atomic E-state index is 0.0291. The number of carbonyl (C=O) groups excluding carboxylic acids is 1. The lowest BCUT2D eigenvalue weighted by molar-refractivity contribution is -0.149. The molecule has 0 amide bonds. The van der Waals surface area contributed by atoms with E-state index in [1.54, 1.807) is 12.1 Å². The summed E-state index contributed by atoms with van der Waals surface area (Å²) < 4.78 is 0. The van der Waals surface area contributed by atoms with E-state index < -0.39 is 22.8 Å². The minimum Gasteiger partial charge on any atom is -0.479 e. The normalized spacial score (nSPS) is 13.3. The molecule has 1 N–H and O–H groups in total. The first-order chi connectivity index (χ1) is 21.2. The molecule has 2 atom stereocenters. The number of hydrogen-bond acceptors (Lipinski definition) is 3. The summed E-state index contributed by atoms with van der Waals surface area (Å²) in [4.78, 5) is 33.1. The zero-order valence-electron chi connectivity index (χ0n) is 25.4. The van der Waals surface area contributed by atoms with E-state index in [0.717, 1.165) is 27.8 Å². The number of benzene rings is 5. The summed E-state index contributed by atoms with van der Waals surface area (Å²) in [6.45, 7) is 5.70. The smallest absolute Gasteiger partial charge is 0.332 e. The molecule has 0 aromatic heterocycles. The van der Waals surface area contributed by atoms with Crippen LogP contribution in [0.15, 0.2) is 151 Å². The second kappa shape index (κ2) is 13.0. The van der Waals surface area contributed by atoms with Crippen molar-refractivity contribution in [2.45, 2.75) is 38.6 Å². The molecule has 0 aliphatic heterocycles. The van der Waals surface area contributed by atoms with Gasteiger partial charge in [0.05, 0.1) is 5.71 Å². The maximum atomic E-state index is 13.9. The molecule has 0 fully saturated rings. The second-order valence-corrected chi connectivity index (χ2v) is 12.0. The summed E-state index contributed by atoms with van der Waals surface area (Å²) in [5, 5.41) is 11.3. The van der Waals surface area contributed by atoms with Gasteiger partial charge in [-0.05, 0) is 22.1 Å². The average Bonchev–Trinajstić information content (AvgIpc) is 3.05. The first-order valence-electron chi connectivity index (χ1n) is 14.9. The summed E-state index contributed by atoms with van der Waals surface area (Å²) in [5.74, 6) is -1.99. The summed E-state index contributed by atoms with van der Waals surface area (Å²) in [7, 11) is 0. The van der Waals surface area contributed by atoms with Crippen molar-refractivity contribution in [3.63, 3.8) is 0 Å². The van der Waals surface area contributed by atoms with E-state index in [1.807, 2.05) is 154 Å². The third-order valence-electron chi connectivity index (χ3n) is 8.26.